The van der Waals surface area contributed by atoms with Gasteiger partial charge in [0.1, 0.15) is 17.0 Å². The molecule has 1 N–H and O–H groups in total. The molecule has 1 heterocycles. The average molecular weight is 403 g/mol. The number of ether oxygens (including phenoxy) is 1. The van der Waals surface area contributed by atoms with Crippen molar-refractivity contribution in [1.82, 2.24) is 0 Å². The Morgan fingerprint density at radius 3 is 2.47 bits per heavy atom. The number of methoxy groups -OCH3 is 1. The van der Waals surface area contributed by atoms with Crippen LogP contribution in [0.25, 0.3) is 33.4 Å². The van der Waals surface area contributed by atoms with E-state index in [1.165, 1.54) is 49.6 Å². The second-order valence-electron chi connectivity index (χ2n) is 6.46. The lowest BCUT2D eigenvalue weighted by Gasteiger charge is -2.17. The number of esters is 1. The van der Waals surface area contributed by atoms with Gasteiger partial charge in [0.15, 0.2) is 5.43 Å². The minimum absolute atomic E-state index is 0.0370. The highest BCUT2D eigenvalue weighted by Crippen LogP contribution is 2.42. The molecule has 4 rings (SSSR count). The first-order valence-corrected chi connectivity index (χ1v) is 8.73. The molecular weight excluding hydrogens is 390 g/mol. The van der Waals surface area contributed by atoms with Crippen LogP contribution in [0.15, 0.2) is 69.0 Å². The Morgan fingerprint density at radius 1 is 1.00 bits per heavy atom. The zero-order chi connectivity index (χ0) is 21.4. The van der Waals surface area contributed by atoms with E-state index in [1.54, 1.807) is 12.1 Å². The third-order valence-electron chi connectivity index (χ3n) is 4.72. The lowest BCUT2D eigenvalue weighted by Crippen LogP contribution is -2.08. The molecule has 0 amide bonds. The van der Waals surface area contributed by atoms with Crippen LogP contribution >= 0.6 is 0 Å². The fourth-order valence-electron chi connectivity index (χ4n) is 3.38. The molecule has 0 aromatic heterocycles. The summed E-state index contributed by atoms with van der Waals surface area (Å²) in [5, 5.41) is 12.8. The van der Waals surface area contributed by atoms with Gasteiger partial charge < -0.3 is 14.3 Å². The molecule has 2 aliphatic rings. The van der Waals surface area contributed by atoms with E-state index < -0.39 is 11.9 Å². The maximum Gasteiger partial charge on any atom is 0.338 e. The minimum atomic E-state index is -1.19. The summed E-state index contributed by atoms with van der Waals surface area (Å²) in [6.07, 6.45) is 0. The second kappa shape index (κ2) is 7.25. The van der Waals surface area contributed by atoms with E-state index in [9.17, 15) is 24.4 Å². The Balaban J connectivity index is 2.16. The first-order valence-electron chi connectivity index (χ1n) is 8.73. The summed E-state index contributed by atoms with van der Waals surface area (Å²) in [7, 11) is 1.20. The van der Waals surface area contributed by atoms with Gasteiger partial charge in [-0.1, -0.05) is 6.07 Å². The van der Waals surface area contributed by atoms with Gasteiger partial charge in [0, 0.05) is 28.6 Å². The summed E-state index contributed by atoms with van der Waals surface area (Å²) in [6, 6.07) is 12.8. The van der Waals surface area contributed by atoms with Crippen molar-refractivity contribution < 1.29 is 23.8 Å². The van der Waals surface area contributed by atoms with Crippen molar-refractivity contribution in [2.24, 2.45) is 5.18 Å². The van der Waals surface area contributed by atoms with Gasteiger partial charge in [0.05, 0.1) is 18.2 Å². The summed E-state index contributed by atoms with van der Waals surface area (Å²) >= 11 is 0. The van der Waals surface area contributed by atoms with E-state index in [1.807, 2.05) is 0 Å². The highest BCUT2D eigenvalue weighted by molar-refractivity contribution is 6.09. The Bertz CT molecular complexity index is 1370. The molecule has 1 aliphatic carbocycles. The number of carboxylic acid groups (broad SMARTS) is 1. The van der Waals surface area contributed by atoms with Crippen molar-refractivity contribution in [1.29, 1.82) is 0 Å². The normalized spacial score (nSPS) is 10.8. The van der Waals surface area contributed by atoms with Crippen molar-refractivity contribution in [3.63, 3.8) is 0 Å². The molecule has 2 aromatic carbocycles. The van der Waals surface area contributed by atoms with Gasteiger partial charge in [-0.25, -0.2) is 9.59 Å². The largest absolute Gasteiger partial charge is 0.478 e. The van der Waals surface area contributed by atoms with Crippen LogP contribution in [0.2, 0.25) is 0 Å². The quantitative estimate of drug-likeness (QED) is 0.303. The molecule has 2 aromatic rings. The van der Waals surface area contributed by atoms with Crippen molar-refractivity contribution in [2.45, 2.75) is 0 Å². The lowest BCUT2D eigenvalue weighted by atomic mass is 9.90. The van der Waals surface area contributed by atoms with Gasteiger partial charge in [-0.05, 0) is 47.1 Å². The summed E-state index contributed by atoms with van der Waals surface area (Å²) < 4.78 is 10.7. The summed E-state index contributed by atoms with van der Waals surface area (Å²) in [6.45, 7) is 0. The number of nitroso groups, excluding NO2 is 1. The fourth-order valence-corrected chi connectivity index (χ4v) is 3.38. The summed E-state index contributed by atoms with van der Waals surface area (Å²) in [5.41, 5.74) is 1.53. The van der Waals surface area contributed by atoms with Gasteiger partial charge >= 0.3 is 11.9 Å². The summed E-state index contributed by atoms with van der Waals surface area (Å²) in [5.74, 6) is -1.67. The van der Waals surface area contributed by atoms with Crippen LogP contribution in [-0.4, -0.2) is 24.2 Å². The van der Waals surface area contributed by atoms with Crippen molar-refractivity contribution >= 4 is 28.6 Å². The molecule has 0 radical (unpaired) electrons. The standard InChI is InChI=1S/C22H13NO7/c1-29-22(27)17-8-11(21(25)26)2-5-14(17)20-15-6-3-12(23-28)9-18(15)30-19-10-13(24)4-7-16(19)20/h2-10H,1H3,(H,25,26). The Hall–Kier alpha value is -4.33. The number of rotatable bonds is 4. The molecule has 0 bridgehead atoms. The monoisotopic (exact) mass is 403 g/mol. The number of nitrogens with zero attached hydrogens (tertiary/aromatic N) is 1. The SMILES string of the molecule is COC(=O)c1cc(C(=O)O)ccc1-c1c2ccc(=O)cc-2oc2cc(N=O)ccc12. The Morgan fingerprint density at radius 2 is 1.77 bits per heavy atom. The first kappa shape index (κ1) is 19.0. The van der Waals surface area contributed by atoms with Crippen LogP contribution in [0.5, 0.6) is 0 Å². The van der Waals surface area contributed by atoms with E-state index >= 15 is 0 Å². The third kappa shape index (κ3) is 3.10. The van der Waals surface area contributed by atoms with Crippen LogP contribution in [-0.2, 0) is 4.74 Å². The molecule has 8 heteroatoms. The molecule has 0 saturated carbocycles. The molecule has 1 aliphatic heterocycles. The van der Waals surface area contributed by atoms with Crippen LogP contribution in [0, 0.1) is 4.91 Å². The lowest BCUT2D eigenvalue weighted by molar-refractivity contribution is 0.0601. The molecule has 0 atom stereocenters. The molecule has 0 spiro atoms. The molecule has 0 saturated heterocycles. The first-order chi connectivity index (χ1) is 14.4. The summed E-state index contributed by atoms with van der Waals surface area (Å²) in [4.78, 5) is 46.7. The minimum Gasteiger partial charge on any atom is -0.478 e. The van der Waals surface area contributed by atoms with Gasteiger partial charge in [0.2, 0.25) is 0 Å². The zero-order valence-electron chi connectivity index (χ0n) is 15.5. The van der Waals surface area contributed by atoms with E-state index in [0.717, 1.165) is 0 Å². The highest BCUT2D eigenvalue weighted by Gasteiger charge is 2.23. The smallest absolute Gasteiger partial charge is 0.338 e. The number of benzene rings is 3. The Labute approximate surface area is 168 Å². The van der Waals surface area contributed by atoms with Crippen molar-refractivity contribution in [3.8, 4) is 22.5 Å². The van der Waals surface area contributed by atoms with Crippen LogP contribution in [0.1, 0.15) is 20.7 Å². The number of carbonyl (C=O) groups excluding carboxylic acids is 1. The van der Waals surface area contributed by atoms with Gasteiger partial charge in [-0.3, -0.25) is 4.79 Å². The molecular formula is C22H13NO7. The van der Waals surface area contributed by atoms with Crippen LogP contribution in [0.3, 0.4) is 0 Å². The molecule has 0 fully saturated rings. The van der Waals surface area contributed by atoms with E-state index in [2.05, 4.69) is 5.18 Å². The molecule has 8 nitrogen and oxygen atoms in total. The van der Waals surface area contributed by atoms with Crippen molar-refractivity contribution in [3.05, 3.63) is 80.9 Å². The second-order valence-corrected chi connectivity index (χ2v) is 6.46. The molecule has 30 heavy (non-hydrogen) atoms. The van der Waals surface area contributed by atoms with Crippen molar-refractivity contribution in [2.75, 3.05) is 7.11 Å². The van der Waals surface area contributed by atoms with Crippen LogP contribution in [0.4, 0.5) is 5.69 Å². The number of carboxylic acids is 1. The van der Waals surface area contributed by atoms with Gasteiger partial charge in [0.25, 0.3) is 0 Å². The molecule has 0 unspecified atom stereocenters. The number of aromatic carboxylic acids is 1. The predicted molar refractivity (Wildman–Crippen MR) is 108 cm³/mol. The number of carbonyl (C=O) groups is 2. The highest BCUT2D eigenvalue weighted by atomic mass is 16.5. The van der Waals surface area contributed by atoms with Gasteiger partial charge in [-0.15, -0.1) is 4.91 Å². The molecule has 148 valence electrons. The average Bonchev–Trinajstić information content (AvgIpc) is 2.75. The van der Waals surface area contributed by atoms with E-state index in [4.69, 9.17) is 9.15 Å². The number of fused-ring (bicyclic) bond motifs is 2. The third-order valence-corrected chi connectivity index (χ3v) is 4.72. The number of hydrogen-bond donors (Lipinski definition) is 1. The predicted octanol–water partition coefficient (Wildman–Crippen LogP) is 4.45. The maximum atomic E-state index is 12.5. The zero-order valence-corrected chi connectivity index (χ0v) is 15.5. The topological polar surface area (TPSA) is 123 Å². The number of hydrogen-bond acceptors (Lipinski definition) is 7. The van der Waals surface area contributed by atoms with E-state index in [-0.39, 0.29) is 33.6 Å². The Kier molecular flexibility index (Phi) is 4.59. The van der Waals surface area contributed by atoms with Crippen LogP contribution < -0.4 is 5.43 Å². The fraction of sp³-hybridized carbons (Fsp3) is 0.0455. The maximum absolute atomic E-state index is 12.5. The van der Waals surface area contributed by atoms with Gasteiger partial charge in [-0.2, -0.15) is 0 Å². The van der Waals surface area contributed by atoms with E-state index in [0.29, 0.717) is 22.1 Å².